The summed E-state index contributed by atoms with van der Waals surface area (Å²) in [6.07, 6.45) is -0.735. The summed E-state index contributed by atoms with van der Waals surface area (Å²) in [5.74, 6) is 0.601. The van der Waals surface area contributed by atoms with Gasteiger partial charge in [0, 0.05) is 23.9 Å². The lowest BCUT2D eigenvalue weighted by Gasteiger charge is -2.37. The fourth-order valence-corrected chi connectivity index (χ4v) is 3.87. The lowest BCUT2D eigenvalue weighted by Crippen LogP contribution is -2.39. The number of unbranched alkanes of at least 4 members (excludes halogenated alkanes) is 1. The van der Waals surface area contributed by atoms with Crippen LogP contribution in [0.5, 0.6) is 0 Å². The number of aliphatic imine (C=N–C) groups is 1. The molecule has 0 bridgehead atoms. The van der Waals surface area contributed by atoms with Gasteiger partial charge in [0.05, 0.1) is 5.69 Å². The first-order valence-electron chi connectivity index (χ1n) is 9.28. The van der Waals surface area contributed by atoms with Crippen LogP contribution in [-0.2, 0) is 0 Å². The summed E-state index contributed by atoms with van der Waals surface area (Å²) in [6.45, 7) is 4.12. The van der Waals surface area contributed by atoms with Gasteiger partial charge in [-0.1, -0.05) is 63.1 Å². The number of rotatable bonds is 5. The quantitative estimate of drug-likeness (QED) is 0.592. The molecular formula is C21H25F3N2. The number of alkyl halides is 3. The molecule has 0 fully saturated rings. The second-order valence-electron chi connectivity index (χ2n) is 6.96. The molecule has 1 heterocycles. The van der Waals surface area contributed by atoms with Gasteiger partial charge in [0.15, 0.2) is 6.04 Å². The molecule has 2 aromatic carbocycles. The number of anilines is 1. The Hall–Kier alpha value is -2.04. The van der Waals surface area contributed by atoms with Gasteiger partial charge in [-0.2, -0.15) is 13.2 Å². The van der Waals surface area contributed by atoms with Gasteiger partial charge < -0.3 is 4.90 Å². The molecule has 2 nitrogen and oxygen atoms in total. The van der Waals surface area contributed by atoms with E-state index in [2.05, 4.69) is 11.9 Å². The van der Waals surface area contributed by atoms with Gasteiger partial charge in [-0.25, -0.2) is 0 Å². The van der Waals surface area contributed by atoms with Gasteiger partial charge >= 0.3 is 6.18 Å². The molecule has 0 N–H and O–H groups in total. The molecule has 3 rings (SSSR count). The summed E-state index contributed by atoms with van der Waals surface area (Å²) in [4.78, 5) is 6.12. The second kappa shape index (κ2) is 7.29. The molecular weight excluding hydrogens is 337 g/mol. The molecule has 0 saturated carbocycles. The van der Waals surface area contributed by atoms with Crippen molar-refractivity contribution in [2.75, 3.05) is 11.9 Å². The fourth-order valence-electron chi connectivity index (χ4n) is 3.87. The maximum atomic E-state index is 13.8. The highest BCUT2D eigenvalue weighted by atomic mass is 19.4. The molecule has 2 atom stereocenters. The lowest BCUT2D eigenvalue weighted by molar-refractivity contribution is -0.148. The Balaban J connectivity index is 2.18. The highest BCUT2D eigenvalue weighted by Gasteiger charge is 2.45. The molecule has 140 valence electrons. The molecule has 2 aromatic rings. The maximum Gasteiger partial charge on any atom is 0.415 e. The van der Waals surface area contributed by atoms with Crippen molar-refractivity contribution in [1.82, 2.24) is 0 Å². The SMILES string of the molecule is CCCCC(CC)C1=NC(C(F)(F)F)c2ccc3ccccc3c2N1C. The molecule has 0 aliphatic carbocycles. The van der Waals surface area contributed by atoms with Gasteiger partial charge in [0.25, 0.3) is 0 Å². The third-order valence-electron chi connectivity index (χ3n) is 5.24. The Morgan fingerprint density at radius 3 is 2.50 bits per heavy atom. The van der Waals surface area contributed by atoms with Gasteiger partial charge in [0.2, 0.25) is 0 Å². The third kappa shape index (κ3) is 3.31. The number of fused-ring (bicyclic) bond motifs is 3. The van der Waals surface area contributed by atoms with Crippen LogP contribution in [0.4, 0.5) is 18.9 Å². The number of nitrogens with zero attached hydrogens (tertiary/aromatic N) is 2. The van der Waals surface area contributed by atoms with Crippen molar-refractivity contribution in [3.05, 3.63) is 42.0 Å². The predicted molar refractivity (Wildman–Crippen MR) is 102 cm³/mol. The Morgan fingerprint density at radius 2 is 1.85 bits per heavy atom. The van der Waals surface area contributed by atoms with Crippen LogP contribution in [0.15, 0.2) is 41.4 Å². The molecule has 0 aromatic heterocycles. The van der Waals surface area contributed by atoms with Crippen LogP contribution >= 0.6 is 0 Å². The van der Waals surface area contributed by atoms with E-state index in [1.807, 2.05) is 43.1 Å². The van der Waals surface area contributed by atoms with Crippen LogP contribution in [0.2, 0.25) is 0 Å². The average molecular weight is 362 g/mol. The van der Waals surface area contributed by atoms with E-state index in [9.17, 15) is 13.2 Å². The van der Waals surface area contributed by atoms with Crippen molar-refractivity contribution in [3.8, 4) is 0 Å². The van der Waals surface area contributed by atoms with Crippen LogP contribution < -0.4 is 4.90 Å². The minimum Gasteiger partial charge on any atom is -0.332 e. The third-order valence-corrected chi connectivity index (χ3v) is 5.24. The normalized spacial score (nSPS) is 18.6. The van der Waals surface area contributed by atoms with Crippen molar-refractivity contribution < 1.29 is 13.2 Å². The van der Waals surface area contributed by atoms with Crippen molar-refractivity contribution in [3.63, 3.8) is 0 Å². The predicted octanol–water partition coefficient (Wildman–Crippen LogP) is 6.51. The van der Waals surface area contributed by atoms with E-state index in [0.29, 0.717) is 11.5 Å². The van der Waals surface area contributed by atoms with Crippen molar-refractivity contribution in [2.24, 2.45) is 10.9 Å². The number of benzene rings is 2. The molecule has 1 aliphatic heterocycles. The first-order valence-corrected chi connectivity index (χ1v) is 9.28. The number of hydrogen-bond acceptors (Lipinski definition) is 2. The first kappa shape index (κ1) is 18.7. The minimum atomic E-state index is -4.40. The van der Waals surface area contributed by atoms with Crippen molar-refractivity contribution >= 4 is 22.3 Å². The van der Waals surface area contributed by atoms with Crippen molar-refractivity contribution in [1.29, 1.82) is 0 Å². The standard InChI is InChI=1S/C21H25F3N2/c1-4-6-9-14(5-2)20-25-19(21(22,23)24)17-13-12-15-10-7-8-11-16(15)18(17)26(20)3/h7-8,10-14,19H,4-6,9H2,1-3H3. The van der Waals surface area contributed by atoms with Gasteiger partial charge in [0.1, 0.15) is 5.84 Å². The Labute approximate surface area is 152 Å². The molecule has 0 radical (unpaired) electrons. The second-order valence-corrected chi connectivity index (χ2v) is 6.96. The van der Waals surface area contributed by atoms with Crippen LogP contribution in [0.3, 0.4) is 0 Å². The van der Waals surface area contributed by atoms with Gasteiger partial charge in [-0.15, -0.1) is 0 Å². The molecule has 2 unspecified atom stereocenters. The Bertz CT molecular complexity index is 810. The zero-order valence-electron chi connectivity index (χ0n) is 15.5. The van der Waals surface area contributed by atoms with Gasteiger partial charge in [-0.3, -0.25) is 4.99 Å². The minimum absolute atomic E-state index is 0.0388. The summed E-state index contributed by atoms with van der Waals surface area (Å²) in [5, 5.41) is 1.79. The Kier molecular flexibility index (Phi) is 5.26. The smallest absolute Gasteiger partial charge is 0.332 e. The highest BCUT2D eigenvalue weighted by Crippen LogP contribution is 2.46. The monoisotopic (exact) mass is 362 g/mol. The zero-order valence-corrected chi connectivity index (χ0v) is 15.5. The Morgan fingerprint density at radius 1 is 1.12 bits per heavy atom. The van der Waals surface area contributed by atoms with Gasteiger partial charge in [-0.05, 0) is 18.2 Å². The van der Waals surface area contributed by atoms with Crippen LogP contribution in [0, 0.1) is 5.92 Å². The van der Waals surface area contributed by atoms with Crippen LogP contribution in [0.25, 0.3) is 10.8 Å². The van der Waals surface area contributed by atoms with E-state index in [1.54, 1.807) is 12.1 Å². The van der Waals surface area contributed by atoms with Crippen molar-refractivity contribution in [2.45, 2.75) is 51.7 Å². The highest BCUT2D eigenvalue weighted by molar-refractivity contribution is 6.09. The van der Waals surface area contributed by atoms with Crippen LogP contribution in [0.1, 0.15) is 51.1 Å². The van der Waals surface area contributed by atoms with E-state index in [-0.39, 0.29) is 11.5 Å². The molecule has 0 spiro atoms. The maximum absolute atomic E-state index is 13.8. The van der Waals surface area contributed by atoms with E-state index >= 15 is 0 Å². The molecule has 1 aliphatic rings. The largest absolute Gasteiger partial charge is 0.415 e. The molecule has 0 saturated heterocycles. The summed E-state index contributed by atoms with van der Waals surface area (Å²) >= 11 is 0. The lowest BCUT2D eigenvalue weighted by atomic mass is 9.91. The topological polar surface area (TPSA) is 15.6 Å². The van der Waals surface area contributed by atoms with Crippen LogP contribution in [-0.4, -0.2) is 19.1 Å². The summed E-state index contributed by atoms with van der Waals surface area (Å²) in [6, 6.07) is 9.17. The number of hydrogen-bond donors (Lipinski definition) is 0. The molecule has 0 amide bonds. The summed E-state index contributed by atoms with van der Waals surface area (Å²) in [5.41, 5.74) is 0.887. The molecule has 26 heavy (non-hydrogen) atoms. The number of amidine groups is 1. The first-order chi connectivity index (χ1) is 12.4. The van der Waals surface area contributed by atoms with E-state index in [0.717, 1.165) is 36.5 Å². The summed E-state index contributed by atoms with van der Waals surface area (Å²) < 4.78 is 41.4. The average Bonchev–Trinajstić information content (AvgIpc) is 2.62. The number of halogens is 3. The summed E-state index contributed by atoms with van der Waals surface area (Å²) in [7, 11) is 1.85. The van der Waals surface area contributed by atoms with E-state index < -0.39 is 12.2 Å². The van der Waals surface area contributed by atoms with E-state index in [1.165, 1.54) is 0 Å². The fraction of sp³-hybridized carbons (Fsp3) is 0.476. The van der Waals surface area contributed by atoms with E-state index in [4.69, 9.17) is 0 Å². The zero-order chi connectivity index (χ0) is 18.9. The molecule has 5 heteroatoms.